The van der Waals surface area contributed by atoms with Crippen molar-refractivity contribution >= 4 is 0 Å². The van der Waals surface area contributed by atoms with Crippen LogP contribution in [0.25, 0.3) is 0 Å². The summed E-state index contributed by atoms with van der Waals surface area (Å²) in [6.07, 6.45) is 7.51. The lowest BCUT2D eigenvalue weighted by Crippen LogP contribution is -2.52. The van der Waals surface area contributed by atoms with Crippen LogP contribution in [0.5, 0.6) is 0 Å². The number of aliphatic hydroxyl groups is 1. The van der Waals surface area contributed by atoms with Crippen molar-refractivity contribution in [3.05, 3.63) is 0 Å². The molecule has 1 N–H and O–H groups in total. The van der Waals surface area contributed by atoms with Crippen LogP contribution in [0.4, 0.5) is 0 Å². The minimum Gasteiger partial charge on any atom is -0.391 e. The molecule has 1 saturated carbocycles. The molecule has 0 radical (unpaired) electrons. The lowest BCUT2D eigenvalue weighted by Gasteiger charge is -2.45. The predicted octanol–water partition coefficient (Wildman–Crippen LogP) is 3.68. The van der Waals surface area contributed by atoms with E-state index in [1.165, 1.54) is 51.6 Å². The average molecular weight is 267 g/mol. The van der Waals surface area contributed by atoms with Crippen LogP contribution in [0.15, 0.2) is 0 Å². The molecule has 0 spiro atoms. The minimum atomic E-state index is -0.142. The molecule has 3 atom stereocenters. The summed E-state index contributed by atoms with van der Waals surface area (Å²) in [7, 11) is 0. The van der Waals surface area contributed by atoms with Gasteiger partial charge in [-0.3, -0.25) is 4.90 Å². The van der Waals surface area contributed by atoms with Crippen molar-refractivity contribution in [1.82, 2.24) is 4.90 Å². The van der Waals surface area contributed by atoms with Crippen LogP contribution in [-0.4, -0.2) is 35.2 Å². The van der Waals surface area contributed by atoms with Gasteiger partial charge in [-0.1, -0.05) is 34.1 Å². The van der Waals surface area contributed by atoms with Gasteiger partial charge in [0, 0.05) is 6.04 Å². The highest BCUT2D eigenvalue weighted by Crippen LogP contribution is 2.38. The highest BCUT2D eigenvalue weighted by atomic mass is 16.3. The van der Waals surface area contributed by atoms with Crippen molar-refractivity contribution in [2.75, 3.05) is 13.1 Å². The highest BCUT2D eigenvalue weighted by Gasteiger charge is 2.40. The molecule has 2 nitrogen and oxygen atoms in total. The minimum absolute atomic E-state index is 0.104. The molecule has 0 aromatic heterocycles. The third-order valence-corrected chi connectivity index (χ3v) is 5.71. The van der Waals surface area contributed by atoms with E-state index in [2.05, 4.69) is 32.6 Å². The van der Waals surface area contributed by atoms with Crippen molar-refractivity contribution in [3.63, 3.8) is 0 Å². The van der Waals surface area contributed by atoms with E-state index in [-0.39, 0.29) is 11.5 Å². The Balaban J connectivity index is 1.98. The summed E-state index contributed by atoms with van der Waals surface area (Å²) in [5, 5.41) is 10.7. The van der Waals surface area contributed by atoms with Gasteiger partial charge in [-0.15, -0.1) is 0 Å². The Morgan fingerprint density at radius 1 is 1.05 bits per heavy atom. The molecule has 1 saturated heterocycles. The topological polar surface area (TPSA) is 23.5 Å². The quantitative estimate of drug-likeness (QED) is 0.825. The molecule has 0 bridgehead atoms. The molecule has 2 rings (SSSR count). The molecule has 0 amide bonds. The standard InChI is InChI=1S/C17H33NO/c1-13(2)14-7-6-11-18(12-9-14)15-8-5-10-17(3,4)16(15)19/h13-16,19H,5-12H2,1-4H3. The number of hydrogen-bond acceptors (Lipinski definition) is 2. The first-order chi connectivity index (χ1) is 8.92. The van der Waals surface area contributed by atoms with Crippen molar-refractivity contribution in [2.24, 2.45) is 17.3 Å². The van der Waals surface area contributed by atoms with Crippen molar-refractivity contribution < 1.29 is 5.11 Å². The molecule has 0 aromatic carbocycles. The smallest absolute Gasteiger partial charge is 0.0746 e. The van der Waals surface area contributed by atoms with Gasteiger partial charge in [0.05, 0.1) is 6.10 Å². The van der Waals surface area contributed by atoms with E-state index >= 15 is 0 Å². The van der Waals surface area contributed by atoms with E-state index in [0.29, 0.717) is 6.04 Å². The molecule has 3 unspecified atom stereocenters. The van der Waals surface area contributed by atoms with E-state index in [1.807, 2.05) is 0 Å². The molecule has 1 aliphatic heterocycles. The lowest BCUT2D eigenvalue weighted by molar-refractivity contribution is -0.0567. The third kappa shape index (κ3) is 3.52. The number of nitrogens with zero attached hydrogens (tertiary/aromatic N) is 1. The summed E-state index contributed by atoms with van der Waals surface area (Å²) in [6, 6.07) is 0.412. The fourth-order valence-electron chi connectivity index (χ4n) is 4.12. The Morgan fingerprint density at radius 2 is 1.79 bits per heavy atom. The van der Waals surface area contributed by atoms with Crippen LogP contribution in [0.1, 0.15) is 66.2 Å². The van der Waals surface area contributed by atoms with Crippen LogP contribution in [0.2, 0.25) is 0 Å². The number of likely N-dealkylation sites (tertiary alicyclic amines) is 1. The van der Waals surface area contributed by atoms with Gasteiger partial charge in [0.15, 0.2) is 0 Å². The maximum Gasteiger partial charge on any atom is 0.0746 e. The Morgan fingerprint density at radius 3 is 2.47 bits per heavy atom. The SMILES string of the molecule is CC(C)C1CCCN(C2CCCC(C)(C)C2O)CC1. The molecule has 2 heteroatoms. The maximum absolute atomic E-state index is 10.7. The molecule has 2 aliphatic rings. The van der Waals surface area contributed by atoms with Gasteiger partial charge in [0.2, 0.25) is 0 Å². The molecule has 1 aliphatic carbocycles. The van der Waals surface area contributed by atoms with Crippen LogP contribution >= 0.6 is 0 Å². The molecular weight excluding hydrogens is 234 g/mol. The third-order valence-electron chi connectivity index (χ3n) is 5.71. The second kappa shape index (κ2) is 6.13. The molecule has 1 heterocycles. The molecular formula is C17H33NO. The Labute approximate surface area is 119 Å². The highest BCUT2D eigenvalue weighted by molar-refractivity contribution is 4.94. The molecule has 19 heavy (non-hydrogen) atoms. The zero-order valence-corrected chi connectivity index (χ0v) is 13.4. The first-order valence-corrected chi connectivity index (χ1v) is 8.34. The normalized spacial score (nSPS) is 37.3. The van der Waals surface area contributed by atoms with Gasteiger partial charge in [0.1, 0.15) is 0 Å². The van der Waals surface area contributed by atoms with E-state index in [9.17, 15) is 5.11 Å². The van der Waals surface area contributed by atoms with Gasteiger partial charge in [-0.05, 0) is 62.4 Å². The predicted molar refractivity (Wildman–Crippen MR) is 81.2 cm³/mol. The van der Waals surface area contributed by atoms with Crippen molar-refractivity contribution in [2.45, 2.75) is 78.4 Å². The Hall–Kier alpha value is -0.0800. The fourth-order valence-corrected chi connectivity index (χ4v) is 4.12. The van der Waals surface area contributed by atoms with Crippen molar-refractivity contribution in [1.29, 1.82) is 0 Å². The second-order valence-corrected chi connectivity index (χ2v) is 7.86. The Bertz CT molecular complexity index is 287. The molecule has 112 valence electrons. The van der Waals surface area contributed by atoms with E-state index in [0.717, 1.165) is 11.8 Å². The van der Waals surface area contributed by atoms with Gasteiger partial charge >= 0.3 is 0 Å². The van der Waals surface area contributed by atoms with Gasteiger partial charge in [-0.2, -0.15) is 0 Å². The maximum atomic E-state index is 10.7. The average Bonchev–Trinajstić information content (AvgIpc) is 2.58. The van der Waals surface area contributed by atoms with Crippen LogP contribution in [0.3, 0.4) is 0 Å². The summed E-state index contributed by atoms with van der Waals surface area (Å²) in [5.74, 6) is 1.70. The monoisotopic (exact) mass is 267 g/mol. The zero-order valence-electron chi connectivity index (χ0n) is 13.4. The van der Waals surface area contributed by atoms with E-state index < -0.39 is 0 Å². The van der Waals surface area contributed by atoms with Crippen LogP contribution < -0.4 is 0 Å². The largest absolute Gasteiger partial charge is 0.391 e. The fraction of sp³-hybridized carbons (Fsp3) is 1.00. The first kappa shape index (κ1) is 15.3. The Kier molecular flexibility index (Phi) is 4.94. The van der Waals surface area contributed by atoms with Crippen molar-refractivity contribution in [3.8, 4) is 0 Å². The summed E-state index contributed by atoms with van der Waals surface area (Å²) < 4.78 is 0. The summed E-state index contributed by atoms with van der Waals surface area (Å²) in [6.45, 7) is 11.6. The molecule has 2 fully saturated rings. The zero-order chi connectivity index (χ0) is 14.0. The van der Waals surface area contributed by atoms with Gasteiger partial charge < -0.3 is 5.11 Å². The summed E-state index contributed by atoms with van der Waals surface area (Å²) in [4.78, 5) is 2.61. The number of rotatable bonds is 2. The number of hydrogen-bond donors (Lipinski definition) is 1. The first-order valence-electron chi connectivity index (χ1n) is 8.34. The van der Waals surface area contributed by atoms with Crippen LogP contribution in [-0.2, 0) is 0 Å². The van der Waals surface area contributed by atoms with E-state index in [1.54, 1.807) is 0 Å². The second-order valence-electron chi connectivity index (χ2n) is 7.86. The summed E-state index contributed by atoms with van der Waals surface area (Å²) >= 11 is 0. The lowest BCUT2D eigenvalue weighted by atomic mass is 9.72. The number of aliphatic hydroxyl groups excluding tert-OH is 1. The molecule has 0 aromatic rings. The van der Waals surface area contributed by atoms with E-state index in [4.69, 9.17) is 0 Å². The summed E-state index contributed by atoms with van der Waals surface area (Å²) in [5.41, 5.74) is 0.104. The van der Waals surface area contributed by atoms with Crippen LogP contribution in [0, 0.1) is 17.3 Å². The van der Waals surface area contributed by atoms with Gasteiger partial charge in [0.25, 0.3) is 0 Å². The van der Waals surface area contributed by atoms with Gasteiger partial charge in [-0.25, -0.2) is 0 Å².